The van der Waals surface area contributed by atoms with Crippen LogP contribution in [0.25, 0.3) is 0 Å². The maximum atomic E-state index is 14.3. The molecule has 4 rings (SSSR count). The van der Waals surface area contributed by atoms with Crippen molar-refractivity contribution in [2.24, 2.45) is 4.99 Å². The largest absolute Gasteiger partial charge is 0.458 e. The van der Waals surface area contributed by atoms with Gasteiger partial charge in [0.25, 0.3) is 0 Å². The van der Waals surface area contributed by atoms with Crippen molar-refractivity contribution in [3.63, 3.8) is 0 Å². The number of ether oxygens (including phenoxy) is 1. The highest BCUT2D eigenvalue weighted by Crippen LogP contribution is 2.43. The summed E-state index contributed by atoms with van der Waals surface area (Å²) in [5.41, 5.74) is 1.84. The summed E-state index contributed by atoms with van der Waals surface area (Å²) in [6, 6.07) is 24.2. The maximum Gasteiger partial charge on any atom is 0.223 e. The molecule has 1 heterocycles. The van der Waals surface area contributed by atoms with Crippen LogP contribution in [0.15, 0.2) is 83.9 Å². The highest BCUT2D eigenvalue weighted by Gasteiger charge is 2.46. The zero-order valence-corrected chi connectivity index (χ0v) is 14.1. The third-order valence-corrected chi connectivity index (χ3v) is 4.57. The van der Waals surface area contributed by atoms with E-state index in [1.807, 2.05) is 66.7 Å². The van der Waals surface area contributed by atoms with Gasteiger partial charge in [-0.1, -0.05) is 66.2 Å². The normalized spacial score (nSPS) is 20.3. The molecule has 1 aliphatic rings. The first kappa shape index (κ1) is 15.9. The number of rotatable bonds is 3. The Hall–Kier alpha value is -2.65. The summed E-state index contributed by atoms with van der Waals surface area (Å²) in [4.78, 5) is 4.57. The van der Waals surface area contributed by atoms with Gasteiger partial charge in [0, 0.05) is 21.7 Å². The summed E-state index contributed by atoms with van der Waals surface area (Å²) in [7, 11) is 0. The van der Waals surface area contributed by atoms with E-state index >= 15 is 0 Å². The lowest BCUT2D eigenvalue weighted by Crippen LogP contribution is -2.30. The Morgan fingerprint density at radius 2 is 1.68 bits per heavy atom. The van der Waals surface area contributed by atoms with Crippen LogP contribution in [0.3, 0.4) is 0 Å². The molecule has 0 fully saturated rings. The van der Waals surface area contributed by atoms with E-state index in [2.05, 4.69) is 4.99 Å². The predicted octanol–water partition coefficient (Wildman–Crippen LogP) is 5.66. The number of alkyl halides is 1. The molecule has 0 N–H and O–H groups in total. The van der Waals surface area contributed by atoms with E-state index in [1.165, 1.54) is 0 Å². The Balaban J connectivity index is 1.88. The minimum atomic E-state index is -1.17. The number of halogens is 2. The lowest BCUT2D eigenvalue weighted by Gasteiger charge is -2.26. The van der Waals surface area contributed by atoms with Crippen LogP contribution in [0.1, 0.15) is 16.7 Å². The van der Waals surface area contributed by atoms with Gasteiger partial charge in [-0.3, -0.25) is 0 Å². The molecule has 0 radical (unpaired) electrons. The van der Waals surface area contributed by atoms with Crippen molar-refractivity contribution in [2.45, 2.75) is 5.60 Å². The predicted molar refractivity (Wildman–Crippen MR) is 98.4 cm³/mol. The van der Waals surface area contributed by atoms with Gasteiger partial charge in [-0.25, -0.2) is 9.38 Å². The number of aliphatic imine (C=N–C) groups is 1. The van der Waals surface area contributed by atoms with Crippen LogP contribution < -0.4 is 0 Å². The standard InChI is InChI=1S/C21H15ClFNO/c22-16-9-6-10-17(13-16)24-20-18-11-4-5-12-19(18)21(14-23,25-20)15-7-2-1-3-8-15/h1-13H,14H2. The van der Waals surface area contributed by atoms with Gasteiger partial charge < -0.3 is 4.74 Å². The Morgan fingerprint density at radius 1 is 0.920 bits per heavy atom. The molecule has 0 bridgehead atoms. The molecular formula is C21H15ClFNO. The lowest BCUT2D eigenvalue weighted by molar-refractivity contribution is 0.0805. The average molecular weight is 352 g/mol. The molecule has 124 valence electrons. The monoisotopic (exact) mass is 351 g/mol. The van der Waals surface area contributed by atoms with Crippen molar-refractivity contribution in [3.8, 4) is 0 Å². The summed E-state index contributed by atoms with van der Waals surface area (Å²) in [5, 5.41) is 0.591. The van der Waals surface area contributed by atoms with Crippen molar-refractivity contribution in [3.05, 3.63) is 101 Å². The summed E-state index contributed by atoms with van der Waals surface area (Å²) in [5.74, 6) is 0.402. The van der Waals surface area contributed by atoms with Crippen molar-refractivity contribution >= 4 is 23.2 Å². The molecule has 0 amide bonds. The molecule has 0 spiro atoms. The SMILES string of the molecule is FCC1(c2ccccc2)OC(=Nc2cccc(Cl)c2)c2ccccc21. The number of benzene rings is 3. The Bertz CT molecular complexity index is 941. The van der Waals surface area contributed by atoms with Crippen LogP contribution in [0, 0.1) is 0 Å². The topological polar surface area (TPSA) is 21.6 Å². The first-order valence-electron chi connectivity index (χ1n) is 7.97. The van der Waals surface area contributed by atoms with E-state index in [9.17, 15) is 4.39 Å². The van der Waals surface area contributed by atoms with Crippen LogP contribution in [0.4, 0.5) is 10.1 Å². The number of nitrogens with zero attached hydrogens (tertiary/aromatic N) is 1. The van der Waals surface area contributed by atoms with Gasteiger partial charge in [0.1, 0.15) is 6.67 Å². The molecule has 1 unspecified atom stereocenters. The van der Waals surface area contributed by atoms with Gasteiger partial charge in [-0.2, -0.15) is 0 Å². The Kier molecular flexibility index (Phi) is 4.02. The quantitative estimate of drug-likeness (QED) is 0.596. The van der Waals surface area contributed by atoms with Crippen LogP contribution in [0.2, 0.25) is 5.02 Å². The molecule has 0 saturated heterocycles. The average Bonchev–Trinajstić information content (AvgIpc) is 2.98. The lowest BCUT2D eigenvalue weighted by atomic mass is 9.87. The van der Waals surface area contributed by atoms with E-state index in [1.54, 1.807) is 12.1 Å². The summed E-state index contributed by atoms with van der Waals surface area (Å²) in [6.07, 6.45) is 0. The molecule has 1 atom stereocenters. The van der Waals surface area contributed by atoms with Crippen LogP contribution in [-0.2, 0) is 10.3 Å². The van der Waals surface area contributed by atoms with E-state index < -0.39 is 12.3 Å². The zero-order valence-electron chi connectivity index (χ0n) is 13.3. The van der Waals surface area contributed by atoms with Gasteiger partial charge >= 0.3 is 0 Å². The van der Waals surface area contributed by atoms with E-state index in [0.29, 0.717) is 16.6 Å². The van der Waals surface area contributed by atoms with E-state index in [-0.39, 0.29) is 0 Å². The van der Waals surface area contributed by atoms with E-state index in [0.717, 1.165) is 16.7 Å². The van der Waals surface area contributed by atoms with Crippen LogP contribution in [-0.4, -0.2) is 12.6 Å². The van der Waals surface area contributed by atoms with Gasteiger partial charge in [0.15, 0.2) is 5.60 Å². The fourth-order valence-electron chi connectivity index (χ4n) is 3.14. The second-order valence-electron chi connectivity index (χ2n) is 5.87. The molecule has 25 heavy (non-hydrogen) atoms. The van der Waals surface area contributed by atoms with Crippen molar-refractivity contribution in [1.29, 1.82) is 0 Å². The number of hydrogen-bond acceptors (Lipinski definition) is 2. The third-order valence-electron chi connectivity index (χ3n) is 4.33. The minimum absolute atomic E-state index is 0.402. The molecule has 0 aliphatic carbocycles. The van der Waals surface area contributed by atoms with Crippen molar-refractivity contribution in [2.75, 3.05) is 6.67 Å². The van der Waals surface area contributed by atoms with Gasteiger partial charge in [0.2, 0.25) is 5.90 Å². The molecule has 2 nitrogen and oxygen atoms in total. The molecular weight excluding hydrogens is 337 g/mol. The van der Waals surface area contributed by atoms with Crippen LogP contribution >= 0.6 is 11.6 Å². The maximum absolute atomic E-state index is 14.3. The summed E-state index contributed by atoms with van der Waals surface area (Å²) < 4.78 is 20.4. The molecule has 4 heteroatoms. The highest BCUT2D eigenvalue weighted by molar-refractivity contribution is 6.30. The highest BCUT2D eigenvalue weighted by atomic mass is 35.5. The minimum Gasteiger partial charge on any atom is -0.458 e. The summed E-state index contributed by atoms with van der Waals surface area (Å²) >= 11 is 6.04. The Labute approximate surface area is 150 Å². The summed E-state index contributed by atoms with van der Waals surface area (Å²) in [6.45, 7) is -0.678. The number of fused-ring (bicyclic) bond motifs is 1. The zero-order chi connectivity index (χ0) is 17.3. The second-order valence-corrected chi connectivity index (χ2v) is 6.31. The van der Waals surface area contributed by atoms with Crippen molar-refractivity contribution in [1.82, 2.24) is 0 Å². The van der Waals surface area contributed by atoms with E-state index in [4.69, 9.17) is 16.3 Å². The first-order chi connectivity index (χ1) is 12.2. The van der Waals surface area contributed by atoms with Gasteiger partial charge in [0.05, 0.1) is 5.69 Å². The molecule has 3 aromatic rings. The fourth-order valence-corrected chi connectivity index (χ4v) is 3.33. The van der Waals surface area contributed by atoms with Gasteiger partial charge in [-0.15, -0.1) is 0 Å². The van der Waals surface area contributed by atoms with Crippen molar-refractivity contribution < 1.29 is 9.13 Å². The smallest absolute Gasteiger partial charge is 0.223 e. The fraction of sp³-hybridized carbons (Fsp3) is 0.0952. The Morgan fingerprint density at radius 3 is 2.44 bits per heavy atom. The first-order valence-corrected chi connectivity index (χ1v) is 8.35. The molecule has 3 aromatic carbocycles. The molecule has 1 aliphatic heterocycles. The molecule has 0 aromatic heterocycles. The van der Waals surface area contributed by atoms with Gasteiger partial charge in [-0.05, 0) is 24.3 Å². The number of hydrogen-bond donors (Lipinski definition) is 0. The molecule has 0 saturated carbocycles. The third kappa shape index (κ3) is 2.71. The van der Waals surface area contributed by atoms with Crippen LogP contribution in [0.5, 0.6) is 0 Å². The second kappa shape index (κ2) is 6.34.